The van der Waals surface area contributed by atoms with Crippen molar-refractivity contribution in [2.45, 2.75) is 40.3 Å². The van der Waals surface area contributed by atoms with Crippen LogP contribution in [0.2, 0.25) is 0 Å². The van der Waals surface area contributed by atoms with Crippen LogP contribution in [-0.2, 0) is 6.54 Å². The van der Waals surface area contributed by atoms with E-state index in [0.717, 1.165) is 6.54 Å². The Labute approximate surface area is 78.8 Å². The van der Waals surface area contributed by atoms with Crippen LogP contribution in [0, 0.1) is 13.8 Å². The molecule has 0 radical (unpaired) electrons. The standard InChI is InChI=1S/C10H17NS/c1-7(2)11-6-10-5-8(3)9(4)12-10/h5,7,11H,6H2,1-4H3. The minimum atomic E-state index is 0.577. The molecule has 1 aromatic heterocycles. The molecule has 2 heteroatoms. The molecular formula is C10H17NS. The van der Waals surface area contributed by atoms with Crippen molar-refractivity contribution in [3.63, 3.8) is 0 Å². The summed E-state index contributed by atoms with van der Waals surface area (Å²) in [6, 6.07) is 2.85. The quantitative estimate of drug-likeness (QED) is 0.760. The highest BCUT2D eigenvalue weighted by Gasteiger charge is 2.01. The van der Waals surface area contributed by atoms with Crippen LogP contribution in [0.4, 0.5) is 0 Å². The SMILES string of the molecule is Cc1cc(CNC(C)C)sc1C. The lowest BCUT2D eigenvalue weighted by Gasteiger charge is -2.04. The Morgan fingerprint density at radius 2 is 2.08 bits per heavy atom. The molecule has 68 valence electrons. The van der Waals surface area contributed by atoms with Crippen molar-refractivity contribution >= 4 is 11.3 Å². The molecule has 0 spiro atoms. The molecule has 1 N–H and O–H groups in total. The predicted octanol–water partition coefficient (Wildman–Crippen LogP) is 2.86. The van der Waals surface area contributed by atoms with Gasteiger partial charge < -0.3 is 5.32 Å². The minimum Gasteiger partial charge on any atom is -0.310 e. The van der Waals surface area contributed by atoms with E-state index in [1.54, 1.807) is 0 Å². The monoisotopic (exact) mass is 183 g/mol. The second kappa shape index (κ2) is 4.06. The van der Waals surface area contributed by atoms with Crippen LogP contribution in [0.3, 0.4) is 0 Å². The lowest BCUT2D eigenvalue weighted by Crippen LogP contribution is -2.21. The molecule has 0 unspecified atom stereocenters. The summed E-state index contributed by atoms with van der Waals surface area (Å²) in [7, 11) is 0. The molecule has 0 saturated heterocycles. The zero-order valence-electron chi connectivity index (χ0n) is 8.27. The van der Waals surface area contributed by atoms with Crippen LogP contribution in [0.15, 0.2) is 6.07 Å². The molecule has 0 amide bonds. The van der Waals surface area contributed by atoms with Crippen LogP contribution in [0.25, 0.3) is 0 Å². The van der Waals surface area contributed by atoms with Crippen molar-refractivity contribution in [1.82, 2.24) is 5.32 Å². The van der Waals surface area contributed by atoms with E-state index < -0.39 is 0 Å². The van der Waals surface area contributed by atoms with Crippen LogP contribution in [-0.4, -0.2) is 6.04 Å². The molecule has 0 aliphatic rings. The molecule has 0 fully saturated rings. The second-order valence-electron chi connectivity index (χ2n) is 3.49. The Balaban J connectivity index is 2.53. The third-order valence-corrected chi connectivity index (χ3v) is 3.05. The summed E-state index contributed by atoms with van der Waals surface area (Å²) in [5, 5.41) is 3.41. The lowest BCUT2D eigenvalue weighted by molar-refractivity contribution is 0.593. The van der Waals surface area contributed by atoms with Crippen LogP contribution in [0.5, 0.6) is 0 Å². The van der Waals surface area contributed by atoms with E-state index in [0.29, 0.717) is 6.04 Å². The number of nitrogens with one attached hydrogen (secondary N) is 1. The number of hydrogen-bond donors (Lipinski definition) is 1. The van der Waals surface area contributed by atoms with E-state index in [4.69, 9.17) is 0 Å². The van der Waals surface area contributed by atoms with Gasteiger partial charge in [-0.1, -0.05) is 13.8 Å². The predicted molar refractivity (Wildman–Crippen MR) is 55.8 cm³/mol. The Bertz CT molecular complexity index is 231. The zero-order valence-corrected chi connectivity index (χ0v) is 9.09. The van der Waals surface area contributed by atoms with E-state index in [9.17, 15) is 0 Å². The Hall–Kier alpha value is -0.340. The van der Waals surface area contributed by atoms with Gasteiger partial charge in [-0.2, -0.15) is 0 Å². The summed E-state index contributed by atoms with van der Waals surface area (Å²) in [6.07, 6.45) is 0. The van der Waals surface area contributed by atoms with Gasteiger partial charge in [0, 0.05) is 22.3 Å². The third-order valence-electron chi connectivity index (χ3n) is 1.90. The molecule has 1 aromatic rings. The zero-order chi connectivity index (χ0) is 9.14. The second-order valence-corrected chi connectivity index (χ2v) is 4.83. The molecular weight excluding hydrogens is 166 g/mol. The van der Waals surface area contributed by atoms with Crippen molar-refractivity contribution < 1.29 is 0 Å². The Morgan fingerprint density at radius 3 is 2.50 bits per heavy atom. The maximum Gasteiger partial charge on any atom is 0.0302 e. The highest BCUT2D eigenvalue weighted by molar-refractivity contribution is 7.12. The summed E-state index contributed by atoms with van der Waals surface area (Å²) < 4.78 is 0. The van der Waals surface area contributed by atoms with Crippen molar-refractivity contribution in [1.29, 1.82) is 0 Å². The molecule has 0 aromatic carbocycles. The maximum absolute atomic E-state index is 3.41. The molecule has 1 nitrogen and oxygen atoms in total. The first-order chi connectivity index (χ1) is 5.59. The summed E-state index contributed by atoms with van der Waals surface area (Å²) in [5.74, 6) is 0. The largest absolute Gasteiger partial charge is 0.310 e. The molecule has 12 heavy (non-hydrogen) atoms. The summed E-state index contributed by atoms with van der Waals surface area (Å²) in [4.78, 5) is 2.88. The van der Waals surface area contributed by atoms with Gasteiger partial charge in [0.2, 0.25) is 0 Å². The van der Waals surface area contributed by atoms with Gasteiger partial charge in [0.1, 0.15) is 0 Å². The number of thiophene rings is 1. The van der Waals surface area contributed by atoms with Crippen LogP contribution >= 0.6 is 11.3 Å². The average Bonchev–Trinajstić information content (AvgIpc) is 2.28. The Morgan fingerprint density at radius 1 is 1.42 bits per heavy atom. The van der Waals surface area contributed by atoms with E-state index in [1.165, 1.54) is 15.3 Å². The molecule has 0 atom stereocenters. The minimum absolute atomic E-state index is 0.577. The maximum atomic E-state index is 3.41. The fourth-order valence-electron chi connectivity index (χ4n) is 1.04. The topological polar surface area (TPSA) is 12.0 Å². The fraction of sp³-hybridized carbons (Fsp3) is 0.600. The van der Waals surface area contributed by atoms with Crippen molar-refractivity contribution in [3.8, 4) is 0 Å². The van der Waals surface area contributed by atoms with Gasteiger partial charge in [-0.3, -0.25) is 0 Å². The fourth-order valence-corrected chi connectivity index (χ4v) is 2.05. The van der Waals surface area contributed by atoms with E-state index in [-0.39, 0.29) is 0 Å². The van der Waals surface area contributed by atoms with Gasteiger partial charge in [-0.25, -0.2) is 0 Å². The van der Waals surface area contributed by atoms with Gasteiger partial charge >= 0.3 is 0 Å². The molecule has 1 rings (SSSR count). The van der Waals surface area contributed by atoms with Gasteiger partial charge in [0.05, 0.1) is 0 Å². The molecule has 0 aliphatic carbocycles. The van der Waals surface area contributed by atoms with Gasteiger partial charge in [0.15, 0.2) is 0 Å². The average molecular weight is 183 g/mol. The normalized spacial score (nSPS) is 11.1. The number of hydrogen-bond acceptors (Lipinski definition) is 2. The number of aryl methyl sites for hydroxylation is 2. The van der Waals surface area contributed by atoms with Crippen molar-refractivity contribution in [2.75, 3.05) is 0 Å². The summed E-state index contributed by atoms with van der Waals surface area (Å²) in [5.41, 5.74) is 1.42. The highest BCUT2D eigenvalue weighted by atomic mass is 32.1. The van der Waals surface area contributed by atoms with E-state index in [2.05, 4.69) is 39.1 Å². The van der Waals surface area contributed by atoms with Crippen LogP contribution < -0.4 is 5.32 Å². The van der Waals surface area contributed by atoms with Gasteiger partial charge in [-0.05, 0) is 25.5 Å². The molecule has 1 heterocycles. The molecule has 0 aliphatic heterocycles. The Kier molecular flexibility index (Phi) is 3.29. The molecule has 0 saturated carbocycles. The molecule has 0 bridgehead atoms. The van der Waals surface area contributed by atoms with E-state index in [1.807, 2.05) is 11.3 Å². The highest BCUT2D eigenvalue weighted by Crippen LogP contribution is 2.20. The van der Waals surface area contributed by atoms with Crippen molar-refractivity contribution in [2.24, 2.45) is 0 Å². The van der Waals surface area contributed by atoms with Gasteiger partial charge in [0.25, 0.3) is 0 Å². The number of rotatable bonds is 3. The first-order valence-electron chi connectivity index (χ1n) is 4.39. The van der Waals surface area contributed by atoms with Crippen LogP contribution in [0.1, 0.15) is 29.2 Å². The summed E-state index contributed by atoms with van der Waals surface area (Å²) >= 11 is 1.89. The first-order valence-corrected chi connectivity index (χ1v) is 5.20. The first kappa shape index (κ1) is 9.75. The van der Waals surface area contributed by atoms with E-state index >= 15 is 0 Å². The van der Waals surface area contributed by atoms with Crippen molar-refractivity contribution in [3.05, 3.63) is 21.4 Å². The van der Waals surface area contributed by atoms with Gasteiger partial charge in [-0.15, -0.1) is 11.3 Å². The third kappa shape index (κ3) is 2.61. The summed E-state index contributed by atoms with van der Waals surface area (Å²) in [6.45, 7) is 9.71. The lowest BCUT2D eigenvalue weighted by atomic mass is 10.3. The smallest absolute Gasteiger partial charge is 0.0302 e.